The largest absolute Gasteiger partial charge is 0.465 e. The van der Waals surface area contributed by atoms with Crippen molar-refractivity contribution in [3.8, 4) is 0 Å². The molecule has 1 aliphatic heterocycles. The van der Waals surface area contributed by atoms with E-state index in [-0.39, 0.29) is 19.1 Å². The summed E-state index contributed by atoms with van der Waals surface area (Å²) in [7, 11) is 0. The Morgan fingerprint density at radius 2 is 1.71 bits per heavy atom. The van der Waals surface area contributed by atoms with Gasteiger partial charge in [0.1, 0.15) is 0 Å². The topological polar surface area (TPSA) is 128 Å². The van der Waals surface area contributed by atoms with Gasteiger partial charge in [0.2, 0.25) is 5.91 Å². The number of rotatable bonds is 7. The van der Waals surface area contributed by atoms with E-state index in [0.717, 1.165) is 18.8 Å². The molecule has 160 valence electrons. The number of carboxylic acid groups (broad SMARTS) is 1. The lowest BCUT2D eigenvalue weighted by atomic mass is 10.0. The average Bonchev–Trinajstić information content (AvgIpc) is 3.26. The minimum absolute atomic E-state index is 0.0183. The molecule has 0 spiro atoms. The Kier molecular flexibility index (Phi) is 15.7. The van der Waals surface area contributed by atoms with Crippen LogP contribution >= 0.6 is 0 Å². The molecule has 1 heterocycles. The number of aliphatic hydroxyl groups is 2. The summed E-state index contributed by atoms with van der Waals surface area (Å²) in [6.45, 7) is 5.66. The molecule has 1 aromatic rings. The van der Waals surface area contributed by atoms with Crippen molar-refractivity contribution in [1.82, 2.24) is 10.6 Å². The van der Waals surface area contributed by atoms with Gasteiger partial charge in [-0.1, -0.05) is 37.3 Å². The number of hydrogen-bond acceptors (Lipinski definition) is 5. The highest BCUT2D eigenvalue weighted by atomic mass is 16.5. The minimum atomic E-state index is -1.20. The van der Waals surface area contributed by atoms with Crippen molar-refractivity contribution >= 4 is 12.0 Å². The Bertz CT molecular complexity index is 515. The molecule has 2 amide bonds. The van der Waals surface area contributed by atoms with Crippen molar-refractivity contribution in [2.45, 2.75) is 51.7 Å². The van der Waals surface area contributed by atoms with Crippen molar-refractivity contribution in [3.05, 3.63) is 35.9 Å². The molecule has 2 atom stereocenters. The van der Waals surface area contributed by atoms with Crippen LogP contribution in [0.5, 0.6) is 0 Å². The van der Waals surface area contributed by atoms with Gasteiger partial charge in [-0.3, -0.25) is 4.79 Å². The van der Waals surface area contributed by atoms with E-state index in [0.29, 0.717) is 12.8 Å². The second kappa shape index (κ2) is 17.0. The van der Waals surface area contributed by atoms with Gasteiger partial charge in [-0.2, -0.15) is 0 Å². The van der Waals surface area contributed by atoms with Crippen LogP contribution in [0.25, 0.3) is 0 Å². The lowest BCUT2D eigenvalue weighted by Gasteiger charge is -2.23. The lowest BCUT2D eigenvalue weighted by molar-refractivity contribution is -0.121. The number of aliphatic hydroxyl groups excluding tert-OH is 2. The van der Waals surface area contributed by atoms with Crippen molar-refractivity contribution in [2.75, 3.05) is 26.4 Å². The molecule has 1 aliphatic rings. The Hall–Kier alpha value is -2.16. The summed E-state index contributed by atoms with van der Waals surface area (Å²) in [6.07, 6.45) is 1.05. The SMILES string of the molecule is C1CCOC1.CCC(=O)NC[C@@H](O)C(Cc1ccccc1)NC(=O)O.CCO. The Balaban J connectivity index is 0.000000755. The summed E-state index contributed by atoms with van der Waals surface area (Å²) in [4.78, 5) is 21.9. The standard InChI is InChI=1S/C14H20N2O4.C4H8O.C2H6O/c1-2-13(18)15-9-12(17)11(16-14(19)20)8-10-6-4-3-5-7-10;1-2-4-5-3-1;1-2-3/h3-7,11-12,16-17H,2,8-9H2,1H3,(H,15,18)(H,19,20);1-4H2;3H,2H2,1H3/t11?,12-;;/m1../s1. The maximum atomic E-state index is 11.2. The lowest BCUT2D eigenvalue weighted by Crippen LogP contribution is -2.49. The van der Waals surface area contributed by atoms with Gasteiger partial charge in [0.25, 0.3) is 0 Å². The highest BCUT2D eigenvalue weighted by molar-refractivity contribution is 5.75. The number of hydrogen-bond donors (Lipinski definition) is 5. The van der Waals surface area contributed by atoms with Crippen molar-refractivity contribution in [3.63, 3.8) is 0 Å². The van der Waals surface area contributed by atoms with Crippen molar-refractivity contribution < 1.29 is 29.6 Å². The van der Waals surface area contributed by atoms with Crippen LogP contribution in [-0.2, 0) is 16.0 Å². The number of carbonyl (C=O) groups excluding carboxylic acids is 1. The first-order valence-corrected chi connectivity index (χ1v) is 9.61. The molecule has 1 aromatic carbocycles. The highest BCUT2D eigenvalue weighted by Crippen LogP contribution is 2.06. The molecular weight excluding hydrogens is 364 g/mol. The third-order valence-corrected chi connectivity index (χ3v) is 3.73. The van der Waals surface area contributed by atoms with Crippen LogP contribution in [0.2, 0.25) is 0 Å². The smallest absolute Gasteiger partial charge is 0.404 e. The van der Waals surface area contributed by atoms with Gasteiger partial charge in [0.05, 0.1) is 12.1 Å². The van der Waals surface area contributed by atoms with Gasteiger partial charge < -0.3 is 30.7 Å². The summed E-state index contributed by atoms with van der Waals surface area (Å²) in [5.41, 5.74) is 0.909. The Morgan fingerprint density at radius 1 is 1.14 bits per heavy atom. The molecule has 0 bridgehead atoms. The normalized spacial score (nSPS) is 14.4. The van der Waals surface area contributed by atoms with E-state index in [4.69, 9.17) is 14.9 Å². The number of nitrogens with one attached hydrogen (secondary N) is 2. The fourth-order valence-electron chi connectivity index (χ4n) is 2.31. The third-order valence-electron chi connectivity index (χ3n) is 3.73. The zero-order valence-electron chi connectivity index (χ0n) is 16.8. The summed E-state index contributed by atoms with van der Waals surface area (Å²) >= 11 is 0. The van der Waals surface area contributed by atoms with E-state index < -0.39 is 18.2 Å². The molecule has 1 saturated heterocycles. The fraction of sp³-hybridized carbons (Fsp3) is 0.600. The second-order valence-corrected chi connectivity index (χ2v) is 6.11. The molecule has 1 unspecified atom stereocenters. The van der Waals surface area contributed by atoms with E-state index in [1.807, 2.05) is 30.3 Å². The fourth-order valence-corrected chi connectivity index (χ4v) is 2.31. The molecule has 0 aromatic heterocycles. The zero-order chi connectivity index (χ0) is 21.2. The summed E-state index contributed by atoms with van der Waals surface area (Å²) in [5.74, 6) is -0.183. The predicted molar refractivity (Wildman–Crippen MR) is 107 cm³/mol. The Labute approximate surface area is 166 Å². The molecule has 5 N–H and O–H groups in total. The Morgan fingerprint density at radius 3 is 2.14 bits per heavy atom. The van der Waals surface area contributed by atoms with Crippen LogP contribution in [0, 0.1) is 0 Å². The number of carbonyl (C=O) groups is 2. The number of amides is 2. The third kappa shape index (κ3) is 14.0. The molecule has 1 fully saturated rings. The van der Waals surface area contributed by atoms with Crippen LogP contribution in [0.1, 0.15) is 38.7 Å². The van der Waals surface area contributed by atoms with Gasteiger partial charge in [0, 0.05) is 32.8 Å². The van der Waals surface area contributed by atoms with Crippen LogP contribution in [0.15, 0.2) is 30.3 Å². The second-order valence-electron chi connectivity index (χ2n) is 6.11. The van der Waals surface area contributed by atoms with Crippen LogP contribution < -0.4 is 10.6 Å². The summed E-state index contributed by atoms with van der Waals surface area (Å²) in [6, 6.07) is 8.59. The number of ether oxygens (including phenoxy) is 1. The molecule has 28 heavy (non-hydrogen) atoms. The van der Waals surface area contributed by atoms with Gasteiger partial charge in [0.15, 0.2) is 0 Å². The van der Waals surface area contributed by atoms with Crippen LogP contribution in [-0.4, -0.2) is 65.8 Å². The molecule has 8 nitrogen and oxygen atoms in total. The molecule has 0 saturated carbocycles. The molecular formula is C20H34N2O6. The van der Waals surface area contributed by atoms with E-state index in [9.17, 15) is 14.7 Å². The molecule has 0 radical (unpaired) electrons. The number of benzene rings is 1. The van der Waals surface area contributed by atoms with E-state index in [2.05, 4.69) is 10.6 Å². The maximum absolute atomic E-state index is 11.2. The summed E-state index contributed by atoms with van der Waals surface area (Å²) in [5, 5.41) is 31.3. The zero-order valence-corrected chi connectivity index (χ0v) is 16.8. The summed E-state index contributed by atoms with van der Waals surface area (Å²) < 4.78 is 4.94. The van der Waals surface area contributed by atoms with E-state index in [1.165, 1.54) is 12.8 Å². The predicted octanol–water partition coefficient (Wildman–Crippen LogP) is 1.55. The molecule has 2 rings (SSSR count). The molecule has 0 aliphatic carbocycles. The monoisotopic (exact) mass is 398 g/mol. The van der Waals surface area contributed by atoms with Gasteiger partial charge in [-0.05, 0) is 31.7 Å². The van der Waals surface area contributed by atoms with Gasteiger partial charge >= 0.3 is 6.09 Å². The first kappa shape index (κ1) is 25.8. The van der Waals surface area contributed by atoms with Gasteiger partial charge in [-0.15, -0.1) is 0 Å². The first-order chi connectivity index (χ1) is 13.4. The van der Waals surface area contributed by atoms with E-state index in [1.54, 1.807) is 13.8 Å². The van der Waals surface area contributed by atoms with Crippen molar-refractivity contribution in [2.24, 2.45) is 0 Å². The maximum Gasteiger partial charge on any atom is 0.404 e. The highest BCUT2D eigenvalue weighted by Gasteiger charge is 2.21. The van der Waals surface area contributed by atoms with Crippen LogP contribution in [0.4, 0.5) is 4.79 Å². The minimum Gasteiger partial charge on any atom is -0.465 e. The first-order valence-electron chi connectivity index (χ1n) is 9.61. The van der Waals surface area contributed by atoms with Crippen molar-refractivity contribution in [1.29, 1.82) is 0 Å². The average molecular weight is 399 g/mol. The van der Waals surface area contributed by atoms with Gasteiger partial charge in [-0.25, -0.2) is 4.79 Å². The van der Waals surface area contributed by atoms with Crippen LogP contribution in [0.3, 0.4) is 0 Å². The van der Waals surface area contributed by atoms with E-state index >= 15 is 0 Å². The quantitative estimate of drug-likeness (QED) is 0.474. The molecule has 8 heteroatoms.